The maximum atomic E-state index is 12.3. The van der Waals surface area contributed by atoms with Gasteiger partial charge in [-0.3, -0.25) is 9.10 Å². The molecule has 0 fully saturated rings. The maximum absolute atomic E-state index is 12.3. The minimum atomic E-state index is -3.50. The predicted molar refractivity (Wildman–Crippen MR) is 108 cm³/mol. The molecule has 0 aliphatic rings. The number of carbonyl (C=O) groups is 1. The van der Waals surface area contributed by atoms with Crippen LogP contribution in [0.4, 0.5) is 11.4 Å². The Morgan fingerprint density at radius 3 is 2.38 bits per heavy atom. The minimum absolute atomic E-state index is 0.0442. The first-order valence-corrected chi connectivity index (χ1v) is 10.4. The molecule has 1 amide bonds. The molecule has 0 unspecified atom stereocenters. The fraction of sp³-hybridized carbons (Fsp3) is 0.316. The molecule has 140 valence electrons. The van der Waals surface area contributed by atoms with Crippen molar-refractivity contribution in [2.24, 2.45) is 0 Å². The smallest absolute Gasteiger partial charge is 0.232 e. The summed E-state index contributed by atoms with van der Waals surface area (Å²) in [6.07, 6.45) is 1.19. The second-order valence-corrected chi connectivity index (χ2v) is 8.73. The molecule has 0 atom stereocenters. The van der Waals surface area contributed by atoms with Gasteiger partial charge in [0.1, 0.15) is 0 Å². The van der Waals surface area contributed by atoms with E-state index in [1.807, 2.05) is 39.0 Å². The third-order valence-electron chi connectivity index (χ3n) is 4.04. The van der Waals surface area contributed by atoms with Crippen molar-refractivity contribution in [1.82, 2.24) is 0 Å². The van der Waals surface area contributed by atoms with Gasteiger partial charge in [-0.1, -0.05) is 23.7 Å². The summed E-state index contributed by atoms with van der Waals surface area (Å²) >= 11 is 5.92. The topological polar surface area (TPSA) is 66.5 Å². The molecule has 0 aliphatic carbocycles. The Labute approximate surface area is 160 Å². The summed E-state index contributed by atoms with van der Waals surface area (Å²) in [5.74, 6) is -0.255. The Morgan fingerprint density at radius 2 is 1.77 bits per heavy atom. The highest BCUT2D eigenvalue weighted by Crippen LogP contribution is 2.24. The van der Waals surface area contributed by atoms with Gasteiger partial charge in [0, 0.05) is 23.7 Å². The van der Waals surface area contributed by atoms with Crippen molar-refractivity contribution in [2.75, 3.05) is 22.4 Å². The molecule has 5 nitrogen and oxygen atoms in total. The number of nitrogens with one attached hydrogen (secondary N) is 1. The van der Waals surface area contributed by atoms with Crippen LogP contribution in [0, 0.1) is 20.8 Å². The Balaban J connectivity index is 2.15. The zero-order chi connectivity index (χ0) is 19.5. The number of carbonyl (C=O) groups excluding carboxylic acids is 1. The van der Waals surface area contributed by atoms with E-state index in [1.54, 1.807) is 18.2 Å². The molecule has 0 spiro atoms. The summed E-state index contributed by atoms with van der Waals surface area (Å²) < 4.78 is 25.8. The van der Waals surface area contributed by atoms with Crippen LogP contribution < -0.4 is 9.62 Å². The molecule has 2 aromatic carbocycles. The summed E-state index contributed by atoms with van der Waals surface area (Å²) in [6.45, 7) is 5.67. The third kappa shape index (κ3) is 5.22. The molecule has 0 saturated heterocycles. The van der Waals surface area contributed by atoms with Crippen molar-refractivity contribution >= 4 is 38.9 Å². The molecule has 0 aliphatic heterocycles. The van der Waals surface area contributed by atoms with Crippen LogP contribution in [0.25, 0.3) is 0 Å². The lowest BCUT2D eigenvalue weighted by Gasteiger charge is -2.24. The average molecular weight is 395 g/mol. The predicted octanol–water partition coefficient (Wildman–Crippen LogP) is 4.06. The SMILES string of the molecule is Cc1ccc(C)c(N(CCC(=O)Nc2ccc(Cl)cc2C)S(C)(=O)=O)c1. The van der Waals surface area contributed by atoms with E-state index in [0.29, 0.717) is 16.4 Å². The van der Waals surface area contributed by atoms with E-state index < -0.39 is 10.0 Å². The van der Waals surface area contributed by atoms with Gasteiger partial charge in [-0.25, -0.2) is 8.42 Å². The summed E-state index contributed by atoms with van der Waals surface area (Å²) in [5.41, 5.74) is 3.91. The van der Waals surface area contributed by atoms with E-state index in [0.717, 1.165) is 22.9 Å². The standard InChI is InChI=1S/C19H23ClN2O3S/c1-13-5-6-14(2)18(11-13)22(26(4,24)25)10-9-19(23)21-17-8-7-16(20)12-15(17)3/h5-8,11-12H,9-10H2,1-4H3,(H,21,23). The van der Waals surface area contributed by atoms with Crippen molar-refractivity contribution in [2.45, 2.75) is 27.2 Å². The second-order valence-electron chi connectivity index (χ2n) is 6.38. The van der Waals surface area contributed by atoms with Crippen LogP contribution in [0.3, 0.4) is 0 Å². The quantitative estimate of drug-likeness (QED) is 0.803. The molecule has 2 aromatic rings. The van der Waals surface area contributed by atoms with E-state index in [4.69, 9.17) is 11.6 Å². The fourth-order valence-corrected chi connectivity index (χ4v) is 3.84. The first kappa shape index (κ1) is 20.3. The molecule has 0 heterocycles. The van der Waals surface area contributed by atoms with Crippen LogP contribution in [-0.2, 0) is 14.8 Å². The lowest BCUT2D eigenvalue weighted by molar-refractivity contribution is -0.116. The largest absolute Gasteiger partial charge is 0.326 e. The van der Waals surface area contributed by atoms with E-state index in [1.165, 1.54) is 4.31 Å². The number of rotatable bonds is 6. The molecule has 0 radical (unpaired) electrons. The highest BCUT2D eigenvalue weighted by Gasteiger charge is 2.20. The van der Waals surface area contributed by atoms with Crippen molar-refractivity contribution in [3.05, 3.63) is 58.1 Å². The Kier molecular flexibility index (Phi) is 6.31. The van der Waals surface area contributed by atoms with Gasteiger partial charge >= 0.3 is 0 Å². The highest BCUT2D eigenvalue weighted by molar-refractivity contribution is 7.92. The molecule has 0 bridgehead atoms. The zero-order valence-electron chi connectivity index (χ0n) is 15.3. The average Bonchev–Trinajstić information content (AvgIpc) is 2.52. The van der Waals surface area contributed by atoms with Gasteiger partial charge in [0.05, 0.1) is 11.9 Å². The van der Waals surface area contributed by atoms with Gasteiger partial charge < -0.3 is 5.32 Å². The number of anilines is 2. The molecule has 1 N–H and O–H groups in total. The Hall–Kier alpha value is -2.05. The van der Waals surface area contributed by atoms with Crippen molar-refractivity contribution in [1.29, 1.82) is 0 Å². The molecule has 0 saturated carbocycles. The number of halogens is 1. The summed E-state index contributed by atoms with van der Waals surface area (Å²) in [4.78, 5) is 12.3. The first-order chi connectivity index (χ1) is 12.1. The van der Waals surface area contributed by atoms with Gasteiger partial charge in [-0.15, -0.1) is 0 Å². The van der Waals surface area contributed by atoms with Gasteiger partial charge in [0.25, 0.3) is 0 Å². The van der Waals surface area contributed by atoms with Gasteiger partial charge in [-0.05, 0) is 61.7 Å². The van der Waals surface area contributed by atoms with Crippen LogP contribution >= 0.6 is 11.6 Å². The van der Waals surface area contributed by atoms with E-state index in [9.17, 15) is 13.2 Å². The van der Waals surface area contributed by atoms with Crippen LogP contribution in [0.1, 0.15) is 23.1 Å². The van der Waals surface area contributed by atoms with Gasteiger partial charge in [0.2, 0.25) is 15.9 Å². The number of nitrogens with zero attached hydrogens (tertiary/aromatic N) is 1. The second kappa shape index (κ2) is 8.10. The number of amides is 1. The summed E-state index contributed by atoms with van der Waals surface area (Å²) in [7, 11) is -3.50. The Bertz CT molecular complexity index is 926. The van der Waals surface area contributed by atoms with Gasteiger partial charge in [0.15, 0.2) is 0 Å². The third-order valence-corrected chi connectivity index (χ3v) is 5.45. The first-order valence-electron chi connectivity index (χ1n) is 8.19. The molecule has 26 heavy (non-hydrogen) atoms. The molecular formula is C19H23ClN2O3S. The lowest BCUT2D eigenvalue weighted by atomic mass is 10.1. The van der Waals surface area contributed by atoms with Crippen LogP contribution in [0.5, 0.6) is 0 Å². The molecule has 7 heteroatoms. The van der Waals surface area contributed by atoms with Crippen LogP contribution in [0.15, 0.2) is 36.4 Å². The van der Waals surface area contributed by atoms with Crippen molar-refractivity contribution in [3.63, 3.8) is 0 Å². The molecule has 2 rings (SSSR count). The molecular weight excluding hydrogens is 372 g/mol. The molecule has 0 aromatic heterocycles. The highest BCUT2D eigenvalue weighted by atomic mass is 35.5. The Morgan fingerprint density at radius 1 is 1.08 bits per heavy atom. The number of hydrogen-bond donors (Lipinski definition) is 1. The van der Waals surface area contributed by atoms with Crippen LogP contribution in [-0.4, -0.2) is 27.1 Å². The van der Waals surface area contributed by atoms with Crippen LogP contribution in [0.2, 0.25) is 5.02 Å². The van der Waals surface area contributed by atoms with E-state index >= 15 is 0 Å². The zero-order valence-corrected chi connectivity index (χ0v) is 16.9. The van der Waals surface area contributed by atoms with Crippen molar-refractivity contribution < 1.29 is 13.2 Å². The summed E-state index contributed by atoms with van der Waals surface area (Å²) in [6, 6.07) is 10.8. The normalized spacial score (nSPS) is 11.3. The minimum Gasteiger partial charge on any atom is -0.326 e. The monoisotopic (exact) mass is 394 g/mol. The number of aryl methyl sites for hydroxylation is 3. The van der Waals surface area contributed by atoms with Gasteiger partial charge in [-0.2, -0.15) is 0 Å². The lowest BCUT2D eigenvalue weighted by Crippen LogP contribution is -2.33. The summed E-state index contributed by atoms with van der Waals surface area (Å²) in [5, 5.41) is 3.40. The van der Waals surface area contributed by atoms with Crippen molar-refractivity contribution in [3.8, 4) is 0 Å². The number of hydrogen-bond acceptors (Lipinski definition) is 3. The maximum Gasteiger partial charge on any atom is 0.232 e. The number of benzene rings is 2. The van der Waals surface area contributed by atoms with E-state index in [-0.39, 0.29) is 18.9 Å². The fourth-order valence-electron chi connectivity index (χ4n) is 2.64. The van der Waals surface area contributed by atoms with E-state index in [2.05, 4.69) is 5.32 Å². The number of sulfonamides is 1.